The fraction of sp³-hybridized carbons (Fsp3) is 0.938. The summed E-state index contributed by atoms with van der Waals surface area (Å²) >= 11 is 0. The van der Waals surface area contributed by atoms with E-state index >= 15 is 0 Å². The molecule has 2 aliphatic carbocycles. The van der Waals surface area contributed by atoms with Crippen LogP contribution in [0.2, 0.25) is 0 Å². The Morgan fingerprint density at radius 2 is 1.85 bits per heavy atom. The van der Waals surface area contributed by atoms with Crippen LogP contribution in [0.1, 0.15) is 53.4 Å². The van der Waals surface area contributed by atoms with Gasteiger partial charge in [-0.15, -0.1) is 0 Å². The van der Waals surface area contributed by atoms with Gasteiger partial charge in [0, 0.05) is 18.6 Å². The van der Waals surface area contributed by atoms with E-state index in [9.17, 15) is 9.90 Å². The van der Waals surface area contributed by atoms with Crippen LogP contribution in [0.25, 0.3) is 0 Å². The van der Waals surface area contributed by atoms with Crippen molar-refractivity contribution in [3.05, 3.63) is 0 Å². The lowest BCUT2D eigenvalue weighted by atomic mass is 9.85. The number of nitrogens with one attached hydrogen (secondary N) is 1. The lowest BCUT2D eigenvalue weighted by Crippen LogP contribution is -2.62. The average Bonchev–Trinajstić information content (AvgIpc) is 3.17. The molecule has 2 aliphatic rings. The number of nitrogens with zero attached hydrogens (tertiary/aromatic N) is 1. The molecule has 0 aromatic carbocycles. The van der Waals surface area contributed by atoms with Gasteiger partial charge in [-0.2, -0.15) is 0 Å². The van der Waals surface area contributed by atoms with E-state index in [0.717, 1.165) is 25.7 Å². The highest BCUT2D eigenvalue weighted by Crippen LogP contribution is 2.42. The zero-order valence-corrected chi connectivity index (χ0v) is 13.6. The molecule has 2 atom stereocenters. The molecule has 0 aliphatic heterocycles. The molecule has 20 heavy (non-hydrogen) atoms. The first-order chi connectivity index (χ1) is 9.17. The quantitative estimate of drug-likeness (QED) is 0.752. The van der Waals surface area contributed by atoms with E-state index in [4.69, 9.17) is 0 Å². The normalized spacial score (nSPS) is 24.5. The molecule has 2 fully saturated rings. The Balaban J connectivity index is 2.12. The molecule has 0 spiro atoms. The number of hydrogen-bond donors (Lipinski definition) is 2. The summed E-state index contributed by atoms with van der Waals surface area (Å²) in [6.07, 6.45) is 4.34. The first-order valence-electron chi connectivity index (χ1n) is 7.88. The van der Waals surface area contributed by atoms with E-state index in [0.29, 0.717) is 24.5 Å². The maximum Gasteiger partial charge on any atom is 0.325 e. The van der Waals surface area contributed by atoms with Crippen molar-refractivity contribution in [1.29, 1.82) is 0 Å². The molecule has 4 heteroatoms. The molecule has 2 N–H and O–H groups in total. The van der Waals surface area contributed by atoms with Crippen LogP contribution in [0.5, 0.6) is 0 Å². The molecule has 0 heterocycles. The van der Waals surface area contributed by atoms with Gasteiger partial charge < -0.3 is 10.0 Å². The third-order valence-corrected chi connectivity index (χ3v) is 5.11. The number of carboxylic acids is 1. The molecule has 116 valence electrons. The molecule has 2 unspecified atom stereocenters. The first kappa shape index (κ1) is 15.8. The molecule has 0 bridgehead atoms. The van der Waals surface area contributed by atoms with Crippen molar-refractivity contribution in [2.45, 2.75) is 71.0 Å². The highest BCUT2D eigenvalue weighted by atomic mass is 16.4. The minimum atomic E-state index is -0.741. The molecule has 0 amide bonds. The second kappa shape index (κ2) is 5.30. The van der Waals surface area contributed by atoms with Crippen LogP contribution >= 0.6 is 0 Å². The van der Waals surface area contributed by atoms with Crippen LogP contribution in [0, 0.1) is 11.3 Å². The maximum atomic E-state index is 12.0. The Morgan fingerprint density at radius 3 is 2.20 bits per heavy atom. The Kier molecular flexibility index (Phi) is 4.18. The Bertz CT molecular complexity index is 369. The van der Waals surface area contributed by atoms with Crippen molar-refractivity contribution in [3.8, 4) is 0 Å². The molecular weight excluding hydrogens is 252 g/mol. The van der Waals surface area contributed by atoms with Crippen LogP contribution in [0.15, 0.2) is 0 Å². The molecule has 0 saturated heterocycles. The lowest BCUT2D eigenvalue weighted by molar-refractivity contribution is -0.147. The molecule has 2 saturated carbocycles. The van der Waals surface area contributed by atoms with E-state index in [-0.39, 0.29) is 5.41 Å². The number of likely N-dealkylation sites (N-methyl/N-ethyl adjacent to an activating group) is 1. The number of rotatable bonds is 7. The van der Waals surface area contributed by atoms with Crippen molar-refractivity contribution >= 4 is 5.97 Å². The van der Waals surface area contributed by atoms with Gasteiger partial charge >= 0.3 is 5.97 Å². The monoisotopic (exact) mass is 282 g/mol. The average molecular weight is 282 g/mol. The third kappa shape index (κ3) is 3.34. The summed E-state index contributed by atoms with van der Waals surface area (Å²) in [6, 6.07) is 0.769. The van der Waals surface area contributed by atoms with Gasteiger partial charge in [0.15, 0.2) is 0 Å². The van der Waals surface area contributed by atoms with Crippen molar-refractivity contribution in [3.63, 3.8) is 0 Å². The van der Waals surface area contributed by atoms with Crippen LogP contribution in [-0.4, -0.2) is 47.2 Å². The van der Waals surface area contributed by atoms with Gasteiger partial charge in [0.2, 0.25) is 0 Å². The zero-order chi connectivity index (χ0) is 15.1. The van der Waals surface area contributed by atoms with Crippen molar-refractivity contribution in [2.24, 2.45) is 11.3 Å². The highest BCUT2D eigenvalue weighted by Gasteiger charge is 2.54. The van der Waals surface area contributed by atoms with Gasteiger partial charge in [0.1, 0.15) is 5.54 Å². The third-order valence-electron chi connectivity index (χ3n) is 5.11. The topological polar surface area (TPSA) is 52.6 Å². The number of carbonyl (C=O) groups is 1. The smallest absolute Gasteiger partial charge is 0.325 e. The van der Waals surface area contributed by atoms with Gasteiger partial charge in [0.05, 0.1) is 0 Å². The number of hydrogen-bond acceptors (Lipinski definition) is 3. The lowest BCUT2D eigenvalue weighted by Gasteiger charge is -2.41. The van der Waals surface area contributed by atoms with Crippen molar-refractivity contribution in [1.82, 2.24) is 10.2 Å². The molecule has 0 aromatic heterocycles. The summed E-state index contributed by atoms with van der Waals surface area (Å²) < 4.78 is 0. The zero-order valence-electron chi connectivity index (χ0n) is 13.6. The molecule has 0 radical (unpaired) electrons. The summed E-state index contributed by atoms with van der Waals surface area (Å²) in [6.45, 7) is 9.42. The predicted molar refractivity (Wildman–Crippen MR) is 80.8 cm³/mol. The minimum absolute atomic E-state index is 0.155. The summed E-state index contributed by atoms with van der Waals surface area (Å²) in [5.74, 6) is -0.366. The van der Waals surface area contributed by atoms with Crippen LogP contribution < -0.4 is 5.32 Å². The van der Waals surface area contributed by atoms with Crippen molar-refractivity contribution < 1.29 is 9.90 Å². The first-order valence-corrected chi connectivity index (χ1v) is 7.88. The largest absolute Gasteiger partial charge is 0.480 e. The summed E-state index contributed by atoms with van der Waals surface area (Å²) in [7, 11) is 2.06. The number of carboxylic acid groups (broad SMARTS) is 1. The second-order valence-electron chi connectivity index (χ2n) is 7.93. The SMILES string of the molecule is CC(N(C)CC(NC1CC1)(C(=O)O)C1CC1)C(C)(C)C. The van der Waals surface area contributed by atoms with E-state index < -0.39 is 11.5 Å². The van der Waals surface area contributed by atoms with E-state index in [1.807, 2.05) is 0 Å². The van der Waals surface area contributed by atoms with E-state index in [1.54, 1.807) is 0 Å². The van der Waals surface area contributed by atoms with Gasteiger partial charge in [0.25, 0.3) is 0 Å². The molecule has 2 rings (SSSR count). The summed E-state index contributed by atoms with van der Waals surface area (Å²) in [4.78, 5) is 14.2. The summed E-state index contributed by atoms with van der Waals surface area (Å²) in [5, 5.41) is 13.3. The minimum Gasteiger partial charge on any atom is -0.480 e. The van der Waals surface area contributed by atoms with Crippen LogP contribution in [0.4, 0.5) is 0 Å². The molecule has 4 nitrogen and oxygen atoms in total. The highest BCUT2D eigenvalue weighted by molar-refractivity contribution is 5.80. The van der Waals surface area contributed by atoms with E-state index in [1.165, 1.54) is 0 Å². The van der Waals surface area contributed by atoms with Gasteiger partial charge in [-0.05, 0) is 51.0 Å². The van der Waals surface area contributed by atoms with Crippen LogP contribution in [-0.2, 0) is 4.79 Å². The fourth-order valence-corrected chi connectivity index (χ4v) is 2.96. The number of aliphatic carboxylic acids is 1. The van der Waals surface area contributed by atoms with Gasteiger partial charge in [-0.25, -0.2) is 0 Å². The maximum absolute atomic E-state index is 12.0. The van der Waals surface area contributed by atoms with Crippen molar-refractivity contribution in [2.75, 3.05) is 13.6 Å². The molecular formula is C16H30N2O2. The Hall–Kier alpha value is -0.610. The standard InChI is InChI=1S/C16H30N2O2/c1-11(15(2,3)4)18(5)10-16(14(19)20,12-6-7-12)17-13-8-9-13/h11-13,17H,6-10H2,1-5H3,(H,19,20). The van der Waals surface area contributed by atoms with Crippen LogP contribution in [0.3, 0.4) is 0 Å². The Labute approximate surface area is 122 Å². The van der Waals surface area contributed by atoms with Gasteiger partial charge in [-0.3, -0.25) is 10.1 Å². The second-order valence-corrected chi connectivity index (χ2v) is 7.93. The molecule has 0 aromatic rings. The fourth-order valence-electron chi connectivity index (χ4n) is 2.96. The van der Waals surface area contributed by atoms with E-state index in [2.05, 4.69) is 45.0 Å². The Morgan fingerprint density at radius 1 is 1.30 bits per heavy atom. The van der Waals surface area contributed by atoms with Gasteiger partial charge in [-0.1, -0.05) is 20.8 Å². The summed E-state index contributed by atoms with van der Waals surface area (Å²) in [5.41, 5.74) is -0.586. The predicted octanol–water partition coefficient (Wildman–Crippen LogP) is 2.34.